The van der Waals surface area contributed by atoms with E-state index in [9.17, 15) is 0 Å². The molecule has 0 unspecified atom stereocenters. The second-order valence-electron chi connectivity index (χ2n) is 8.76. The van der Waals surface area contributed by atoms with Crippen LogP contribution in [-0.2, 0) is 0 Å². The summed E-state index contributed by atoms with van der Waals surface area (Å²) in [5, 5.41) is 13.0. The lowest BCUT2D eigenvalue weighted by atomic mass is 10.0. The van der Waals surface area contributed by atoms with E-state index in [4.69, 9.17) is 4.74 Å². The van der Waals surface area contributed by atoms with Crippen molar-refractivity contribution < 1.29 is 4.74 Å². The van der Waals surface area contributed by atoms with Gasteiger partial charge in [0.05, 0.1) is 24.9 Å². The monoisotopic (exact) mass is 398 g/mol. The van der Waals surface area contributed by atoms with Crippen molar-refractivity contribution >= 4 is 5.69 Å². The van der Waals surface area contributed by atoms with Gasteiger partial charge in [0.1, 0.15) is 5.75 Å². The molecule has 1 saturated carbocycles. The molecule has 4 rings (SSSR count). The standard InChI is InChI=1S/C22H34N6O/c1-17(2)16-20(22-23-24-25-28(22)18-8-4-5-9-18)27-14-12-26(13-15-27)19-10-6-7-11-21(19)29-3/h6-7,10-11,17-18,20H,4-5,8-9,12-16H2,1-3H3/t20-/m0/s1. The Morgan fingerprint density at radius 1 is 1.07 bits per heavy atom. The summed E-state index contributed by atoms with van der Waals surface area (Å²) >= 11 is 0. The number of ether oxygens (including phenoxy) is 1. The Bertz CT molecular complexity index is 777. The summed E-state index contributed by atoms with van der Waals surface area (Å²) in [7, 11) is 1.75. The molecule has 2 fully saturated rings. The SMILES string of the molecule is COc1ccccc1N1CCN([C@@H](CC(C)C)c2nnnn2C2CCCC2)CC1. The highest BCUT2D eigenvalue weighted by atomic mass is 16.5. The van der Waals surface area contributed by atoms with E-state index in [0.717, 1.165) is 44.2 Å². The molecule has 158 valence electrons. The molecule has 7 nitrogen and oxygen atoms in total. The van der Waals surface area contributed by atoms with Crippen molar-refractivity contribution in [2.75, 3.05) is 38.2 Å². The zero-order valence-electron chi connectivity index (χ0n) is 18.0. The summed E-state index contributed by atoms with van der Waals surface area (Å²) in [4.78, 5) is 5.02. The molecule has 1 saturated heterocycles. The molecule has 1 aliphatic carbocycles. The van der Waals surface area contributed by atoms with Gasteiger partial charge in [-0.15, -0.1) is 5.10 Å². The highest BCUT2D eigenvalue weighted by Gasteiger charge is 2.32. The van der Waals surface area contributed by atoms with Crippen molar-refractivity contribution in [3.8, 4) is 5.75 Å². The predicted molar refractivity (Wildman–Crippen MR) is 114 cm³/mol. The number of aromatic nitrogens is 4. The van der Waals surface area contributed by atoms with Crippen molar-refractivity contribution in [3.05, 3.63) is 30.1 Å². The van der Waals surface area contributed by atoms with Crippen LogP contribution in [0.25, 0.3) is 0 Å². The molecule has 0 amide bonds. The lowest BCUT2D eigenvalue weighted by Crippen LogP contribution is -2.48. The van der Waals surface area contributed by atoms with E-state index in [1.807, 2.05) is 12.1 Å². The molecule has 29 heavy (non-hydrogen) atoms. The van der Waals surface area contributed by atoms with Gasteiger partial charge < -0.3 is 9.64 Å². The topological polar surface area (TPSA) is 59.3 Å². The lowest BCUT2D eigenvalue weighted by molar-refractivity contribution is 0.150. The number of piperazine rings is 1. The van der Waals surface area contributed by atoms with Crippen LogP contribution >= 0.6 is 0 Å². The quantitative estimate of drug-likeness (QED) is 0.709. The number of hydrogen-bond acceptors (Lipinski definition) is 6. The van der Waals surface area contributed by atoms with Crippen LogP contribution < -0.4 is 9.64 Å². The number of benzene rings is 1. The van der Waals surface area contributed by atoms with E-state index in [-0.39, 0.29) is 6.04 Å². The maximum atomic E-state index is 5.57. The summed E-state index contributed by atoms with van der Waals surface area (Å²) in [6.45, 7) is 8.57. The van der Waals surface area contributed by atoms with Crippen LogP contribution in [0.3, 0.4) is 0 Å². The zero-order chi connectivity index (χ0) is 20.2. The van der Waals surface area contributed by atoms with Gasteiger partial charge in [0.25, 0.3) is 0 Å². The fourth-order valence-electron chi connectivity index (χ4n) is 4.86. The minimum atomic E-state index is 0.283. The molecule has 1 atom stereocenters. The van der Waals surface area contributed by atoms with Gasteiger partial charge in [0.2, 0.25) is 0 Å². The number of anilines is 1. The first-order valence-corrected chi connectivity index (χ1v) is 11.1. The first-order chi connectivity index (χ1) is 14.2. The van der Waals surface area contributed by atoms with Gasteiger partial charge >= 0.3 is 0 Å². The van der Waals surface area contributed by atoms with Crippen LogP contribution in [0.5, 0.6) is 5.75 Å². The summed E-state index contributed by atoms with van der Waals surface area (Å²) in [5.41, 5.74) is 1.19. The second-order valence-corrected chi connectivity index (χ2v) is 8.76. The molecule has 0 N–H and O–H groups in total. The highest BCUT2D eigenvalue weighted by molar-refractivity contribution is 5.58. The van der Waals surface area contributed by atoms with E-state index < -0.39 is 0 Å². The Balaban J connectivity index is 1.50. The molecule has 1 aromatic carbocycles. The minimum Gasteiger partial charge on any atom is -0.495 e. The highest BCUT2D eigenvalue weighted by Crippen LogP contribution is 2.35. The maximum absolute atomic E-state index is 5.57. The lowest BCUT2D eigenvalue weighted by Gasteiger charge is -2.40. The average molecular weight is 399 g/mol. The number of tetrazole rings is 1. The number of nitrogens with zero attached hydrogens (tertiary/aromatic N) is 6. The van der Waals surface area contributed by atoms with E-state index >= 15 is 0 Å². The van der Waals surface area contributed by atoms with Gasteiger partial charge in [-0.25, -0.2) is 4.68 Å². The van der Waals surface area contributed by atoms with Gasteiger partial charge in [-0.3, -0.25) is 4.90 Å². The maximum Gasteiger partial charge on any atom is 0.168 e. The molecule has 2 aromatic rings. The van der Waals surface area contributed by atoms with Gasteiger partial charge in [0, 0.05) is 26.2 Å². The van der Waals surface area contributed by atoms with Crippen LogP contribution in [-0.4, -0.2) is 58.4 Å². The molecular formula is C22H34N6O. The van der Waals surface area contributed by atoms with Crippen LogP contribution in [0, 0.1) is 5.92 Å². The van der Waals surface area contributed by atoms with Gasteiger partial charge in [-0.2, -0.15) is 0 Å². The van der Waals surface area contributed by atoms with Crippen molar-refractivity contribution in [1.82, 2.24) is 25.1 Å². The number of rotatable bonds is 7. The van der Waals surface area contributed by atoms with Crippen molar-refractivity contribution in [2.45, 2.75) is 58.0 Å². The van der Waals surface area contributed by atoms with Crippen molar-refractivity contribution in [3.63, 3.8) is 0 Å². The number of para-hydroxylation sites is 2. The summed E-state index contributed by atoms with van der Waals surface area (Å²) in [6, 6.07) is 9.07. The Morgan fingerprint density at radius 3 is 2.48 bits per heavy atom. The molecule has 0 radical (unpaired) electrons. The van der Waals surface area contributed by atoms with Gasteiger partial charge in [-0.05, 0) is 47.7 Å². The molecule has 0 spiro atoms. The zero-order valence-corrected chi connectivity index (χ0v) is 18.0. The van der Waals surface area contributed by atoms with Crippen LogP contribution in [0.2, 0.25) is 0 Å². The first kappa shape index (κ1) is 20.1. The average Bonchev–Trinajstić information content (AvgIpc) is 3.43. The molecule has 2 heterocycles. The van der Waals surface area contributed by atoms with E-state index in [1.54, 1.807) is 7.11 Å². The molecule has 1 aliphatic heterocycles. The normalized spacial score (nSPS) is 19.8. The Labute approximate surface area is 174 Å². The van der Waals surface area contributed by atoms with Gasteiger partial charge in [0.15, 0.2) is 5.82 Å². The third-order valence-corrected chi connectivity index (χ3v) is 6.36. The summed E-state index contributed by atoms with van der Waals surface area (Å²) in [5.74, 6) is 2.61. The predicted octanol–water partition coefficient (Wildman–Crippen LogP) is 3.71. The van der Waals surface area contributed by atoms with Crippen molar-refractivity contribution in [2.24, 2.45) is 5.92 Å². The molecule has 7 heteroatoms. The fraction of sp³-hybridized carbons (Fsp3) is 0.682. The minimum absolute atomic E-state index is 0.283. The summed E-state index contributed by atoms with van der Waals surface area (Å²) < 4.78 is 7.72. The Morgan fingerprint density at radius 2 is 1.79 bits per heavy atom. The molecule has 2 aliphatic rings. The summed E-state index contributed by atoms with van der Waals surface area (Å²) in [6.07, 6.45) is 6.07. The third-order valence-electron chi connectivity index (χ3n) is 6.36. The molecule has 1 aromatic heterocycles. The van der Waals surface area contributed by atoms with E-state index in [2.05, 4.69) is 56.0 Å². The van der Waals surface area contributed by atoms with Gasteiger partial charge in [-0.1, -0.05) is 38.8 Å². The van der Waals surface area contributed by atoms with Crippen LogP contribution in [0.15, 0.2) is 24.3 Å². The van der Waals surface area contributed by atoms with Crippen molar-refractivity contribution in [1.29, 1.82) is 0 Å². The molecular weight excluding hydrogens is 364 g/mol. The van der Waals surface area contributed by atoms with Crippen LogP contribution in [0.4, 0.5) is 5.69 Å². The number of hydrogen-bond donors (Lipinski definition) is 0. The Hall–Kier alpha value is -2.15. The van der Waals surface area contributed by atoms with Crippen LogP contribution in [0.1, 0.15) is 63.9 Å². The number of methoxy groups -OCH3 is 1. The second kappa shape index (κ2) is 9.11. The van der Waals surface area contributed by atoms with E-state index in [0.29, 0.717) is 12.0 Å². The fourth-order valence-corrected chi connectivity index (χ4v) is 4.86. The molecule has 0 bridgehead atoms. The first-order valence-electron chi connectivity index (χ1n) is 11.1. The largest absolute Gasteiger partial charge is 0.495 e. The van der Waals surface area contributed by atoms with E-state index in [1.165, 1.54) is 31.4 Å². The smallest absolute Gasteiger partial charge is 0.168 e. The third kappa shape index (κ3) is 4.39. The Kier molecular flexibility index (Phi) is 6.33.